The average Bonchev–Trinajstić information content (AvgIpc) is 2.04. The quantitative estimate of drug-likeness (QED) is 0.631. The van der Waals surface area contributed by atoms with Crippen LogP contribution in [0.5, 0.6) is 5.75 Å². The molecule has 1 aromatic heterocycles. The number of hydrogen-bond acceptors (Lipinski definition) is 3. The van der Waals surface area contributed by atoms with Crippen molar-refractivity contribution in [1.82, 2.24) is 4.98 Å². The molecule has 0 bridgehead atoms. The zero-order valence-corrected chi connectivity index (χ0v) is 7.62. The molecule has 0 saturated carbocycles. The summed E-state index contributed by atoms with van der Waals surface area (Å²) in [4.78, 5) is 14.1. The summed E-state index contributed by atoms with van der Waals surface area (Å²) in [6.07, 6.45) is 2.68. The third kappa shape index (κ3) is 2.27. The Balaban J connectivity index is 0.00000121. The van der Waals surface area contributed by atoms with E-state index in [4.69, 9.17) is 5.11 Å². The van der Waals surface area contributed by atoms with Crippen LogP contribution in [-0.2, 0) is 19.5 Å². The maximum Gasteiger partial charge on any atom is 0.339 e. The number of carboxylic acid groups (broad SMARTS) is 1. The molecule has 0 spiro atoms. The van der Waals surface area contributed by atoms with Gasteiger partial charge in [0.15, 0.2) is 0 Å². The Bertz CT molecular complexity index is 277. The fourth-order valence-electron chi connectivity index (χ4n) is 0.672. The van der Waals surface area contributed by atoms with E-state index in [0.717, 1.165) is 0 Å². The number of ether oxygens (including phenoxy) is 1. The van der Waals surface area contributed by atoms with Crippen molar-refractivity contribution in [3.8, 4) is 5.75 Å². The number of nitrogens with zero attached hydrogens (tertiary/aromatic N) is 1. The van der Waals surface area contributed by atoms with E-state index < -0.39 is 5.97 Å². The standard InChI is InChI=1S/C7H6NO3.Rh/c1-11-6-4-8-3-2-5(6)7(9)10;/h2-4H,1H2,(H,9,10);/q-1;. The molecular formula is C7H6NO3Rh-. The zero-order valence-electron chi connectivity index (χ0n) is 5.98. The number of carbonyl (C=O) groups is 1. The van der Waals surface area contributed by atoms with E-state index >= 15 is 0 Å². The van der Waals surface area contributed by atoms with Crippen LogP contribution in [0.15, 0.2) is 18.5 Å². The third-order valence-electron chi connectivity index (χ3n) is 1.17. The molecule has 1 radical (unpaired) electrons. The molecule has 0 aromatic carbocycles. The van der Waals surface area contributed by atoms with Crippen LogP contribution in [0.25, 0.3) is 0 Å². The van der Waals surface area contributed by atoms with E-state index in [2.05, 4.69) is 16.8 Å². The van der Waals surface area contributed by atoms with Crippen LogP contribution in [0.2, 0.25) is 0 Å². The monoisotopic (exact) mass is 255 g/mol. The summed E-state index contributed by atoms with van der Waals surface area (Å²) in [5, 5.41) is 8.56. The number of hydrogen-bond donors (Lipinski definition) is 1. The Kier molecular flexibility index (Phi) is 4.44. The summed E-state index contributed by atoms with van der Waals surface area (Å²) < 4.78 is 4.51. The smallest absolute Gasteiger partial charge is 0.339 e. The van der Waals surface area contributed by atoms with Crippen molar-refractivity contribution in [3.05, 3.63) is 31.1 Å². The van der Waals surface area contributed by atoms with Crippen molar-refractivity contribution in [2.75, 3.05) is 0 Å². The van der Waals surface area contributed by atoms with Crippen molar-refractivity contribution in [1.29, 1.82) is 0 Å². The van der Waals surface area contributed by atoms with Gasteiger partial charge in [0.2, 0.25) is 0 Å². The van der Waals surface area contributed by atoms with E-state index in [-0.39, 0.29) is 30.8 Å². The molecule has 12 heavy (non-hydrogen) atoms. The van der Waals surface area contributed by atoms with E-state index in [0.29, 0.717) is 0 Å². The topological polar surface area (TPSA) is 59.4 Å². The molecule has 1 N–H and O–H groups in total. The number of aromatic nitrogens is 1. The molecule has 0 saturated heterocycles. The number of pyridine rings is 1. The first-order valence-corrected chi connectivity index (χ1v) is 2.85. The summed E-state index contributed by atoms with van der Waals surface area (Å²) in [6, 6.07) is 1.35. The third-order valence-corrected chi connectivity index (χ3v) is 1.17. The van der Waals surface area contributed by atoms with Crippen LogP contribution in [-0.4, -0.2) is 16.1 Å². The molecule has 5 heteroatoms. The van der Waals surface area contributed by atoms with Crippen LogP contribution in [0, 0.1) is 7.11 Å². The molecule has 0 aliphatic carbocycles. The molecule has 0 aliphatic rings. The Morgan fingerprint density at radius 3 is 2.75 bits per heavy atom. The van der Waals surface area contributed by atoms with Gasteiger partial charge in [0, 0.05) is 25.7 Å². The fourth-order valence-corrected chi connectivity index (χ4v) is 0.672. The van der Waals surface area contributed by atoms with Gasteiger partial charge in [-0.15, -0.1) is 0 Å². The van der Waals surface area contributed by atoms with Gasteiger partial charge < -0.3 is 9.84 Å². The molecule has 0 atom stereocenters. The zero-order chi connectivity index (χ0) is 8.27. The number of rotatable bonds is 2. The Hall–Kier alpha value is -0.957. The average molecular weight is 255 g/mol. The van der Waals surface area contributed by atoms with Crippen molar-refractivity contribution in [3.63, 3.8) is 0 Å². The predicted octanol–water partition coefficient (Wildman–Crippen LogP) is 0.948. The minimum absolute atomic E-state index is 0. The second-order valence-electron chi connectivity index (χ2n) is 1.82. The van der Waals surface area contributed by atoms with E-state index in [1.807, 2.05) is 0 Å². The maximum atomic E-state index is 10.4. The van der Waals surface area contributed by atoms with Crippen molar-refractivity contribution < 1.29 is 34.1 Å². The van der Waals surface area contributed by atoms with Crippen LogP contribution in [0.1, 0.15) is 10.4 Å². The SMILES string of the molecule is [CH2-]Oc1cnccc1C(=O)O.[Rh]. The van der Waals surface area contributed by atoms with Crippen LogP contribution >= 0.6 is 0 Å². The molecule has 0 amide bonds. The Labute approximate surface area is 82.3 Å². The molecule has 1 rings (SSSR count). The summed E-state index contributed by atoms with van der Waals surface area (Å²) in [5.41, 5.74) is 0.0648. The first-order chi connectivity index (χ1) is 5.25. The predicted molar refractivity (Wildman–Crippen MR) is 37.2 cm³/mol. The summed E-state index contributed by atoms with van der Waals surface area (Å²) in [7, 11) is 3.10. The Morgan fingerprint density at radius 1 is 1.67 bits per heavy atom. The van der Waals surface area contributed by atoms with Crippen molar-refractivity contribution in [2.45, 2.75) is 0 Å². The Morgan fingerprint density at radius 2 is 2.33 bits per heavy atom. The van der Waals surface area contributed by atoms with Gasteiger partial charge in [-0.2, -0.15) is 7.11 Å². The first kappa shape index (κ1) is 11.0. The normalized spacial score (nSPS) is 8.42. The second kappa shape index (κ2) is 4.83. The maximum absolute atomic E-state index is 10.4. The van der Waals surface area contributed by atoms with E-state index in [1.165, 1.54) is 18.5 Å². The summed E-state index contributed by atoms with van der Waals surface area (Å²) in [6.45, 7) is 0. The summed E-state index contributed by atoms with van der Waals surface area (Å²) >= 11 is 0. The fraction of sp³-hybridized carbons (Fsp3) is 0. The summed E-state index contributed by atoms with van der Waals surface area (Å²) in [5.74, 6) is -0.883. The van der Waals surface area contributed by atoms with Crippen molar-refractivity contribution >= 4 is 5.97 Å². The van der Waals surface area contributed by atoms with Gasteiger partial charge in [-0.1, -0.05) is 0 Å². The molecule has 0 fully saturated rings. The number of carboxylic acids is 1. The molecule has 0 unspecified atom stereocenters. The van der Waals surface area contributed by atoms with Gasteiger partial charge in [0.05, 0.1) is 6.20 Å². The minimum Gasteiger partial charge on any atom is -0.664 e. The van der Waals surface area contributed by atoms with Gasteiger partial charge in [-0.05, 0) is 6.07 Å². The van der Waals surface area contributed by atoms with Crippen LogP contribution in [0.3, 0.4) is 0 Å². The molecular weight excluding hydrogens is 249 g/mol. The van der Waals surface area contributed by atoms with Gasteiger partial charge in [-0.3, -0.25) is 4.98 Å². The van der Waals surface area contributed by atoms with Crippen molar-refractivity contribution in [2.24, 2.45) is 0 Å². The van der Waals surface area contributed by atoms with Gasteiger partial charge in [-0.25, -0.2) is 4.79 Å². The largest absolute Gasteiger partial charge is 0.664 e. The molecule has 1 aromatic rings. The molecule has 1 heterocycles. The van der Waals surface area contributed by atoms with E-state index in [9.17, 15) is 4.79 Å². The number of aromatic carboxylic acids is 1. The van der Waals surface area contributed by atoms with E-state index in [1.54, 1.807) is 0 Å². The van der Waals surface area contributed by atoms with Gasteiger partial charge >= 0.3 is 5.97 Å². The molecule has 67 valence electrons. The van der Waals surface area contributed by atoms with Crippen LogP contribution < -0.4 is 4.74 Å². The first-order valence-electron chi connectivity index (χ1n) is 2.85. The molecule has 4 nitrogen and oxygen atoms in total. The second-order valence-corrected chi connectivity index (χ2v) is 1.82. The van der Waals surface area contributed by atoms with Gasteiger partial charge in [0.1, 0.15) is 11.3 Å². The van der Waals surface area contributed by atoms with Gasteiger partial charge in [0.25, 0.3) is 0 Å². The molecule has 0 aliphatic heterocycles. The van der Waals surface area contributed by atoms with Crippen LogP contribution in [0.4, 0.5) is 0 Å². The minimum atomic E-state index is -1.05.